The fourth-order valence-electron chi connectivity index (χ4n) is 3.99. The van der Waals surface area contributed by atoms with Crippen LogP contribution in [0.5, 0.6) is 0 Å². The number of nitrogen functional groups attached to an aromatic ring is 1. The van der Waals surface area contributed by atoms with Gasteiger partial charge in [-0.3, -0.25) is 9.09 Å². The number of nitrogens with two attached hydrogens (primary N) is 1. The van der Waals surface area contributed by atoms with Crippen molar-refractivity contribution in [3.05, 3.63) is 48.5 Å². The minimum atomic E-state index is -5.69. The molecule has 3 aromatic rings. The van der Waals surface area contributed by atoms with Crippen LogP contribution >= 0.6 is 23.5 Å². The Morgan fingerprint density at radius 3 is 2.14 bits per heavy atom. The number of phosphoric ester groups is 1. The molecular weight excluding hydrogens is 631 g/mol. The summed E-state index contributed by atoms with van der Waals surface area (Å²) in [5, 5.41) is 0. The van der Waals surface area contributed by atoms with Gasteiger partial charge in [0.05, 0.1) is 12.9 Å². The Morgan fingerprint density at radius 2 is 1.50 bits per heavy atom. The van der Waals surface area contributed by atoms with Gasteiger partial charge in [-0.25, -0.2) is 28.6 Å². The number of fused-ring (bicyclic) bond motifs is 2. The smallest absolute Gasteiger partial charge is 0.382 e. The van der Waals surface area contributed by atoms with Crippen LogP contribution < -0.4 is 30.3 Å². The first-order valence-corrected chi connectivity index (χ1v) is 15.1. The van der Waals surface area contributed by atoms with E-state index in [4.69, 9.17) is 34.3 Å². The molecule has 0 aliphatic carbocycles. The second-order valence-electron chi connectivity index (χ2n) is 7.98. The highest BCUT2D eigenvalue weighted by atomic mass is 31.3. The Hall–Kier alpha value is -2.30. The number of hydrogen-bond donors (Lipinski definition) is 9. The van der Waals surface area contributed by atoms with Crippen LogP contribution in [0.1, 0.15) is 18.1 Å². The van der Waals surface area contributed by atoms with Gasteiger partial charge < -0.3 is 64.1 Å². The monoisotopic (exact) mass is 663 g/mol. The number of benzene rings is 1. The van der Waals surface area contributed by atoms with Crippen LogP contribution in [0, 0.1) is 0 Å². The molecule has 0 bridgehead atoms. The van der Waals surface area contributed by atoms with E-state index in [2.05, 4.69) is 23.6 Å². The molecule has 1 aromatic carbocycles. The first-order chi connectivity index (χ1) is 17.8. The zero-order chi connectivity index (χ0) is 27.3. The van der Waals surface area contributed by atoms with Crippen LogP contribution in [0.15, 0.2) is 43.0 Å². The zero-order valence-corrected chi connectivity index (χ0v) is 24.3. The molecule has 18 N–H and O–H groups in total. The van der Waals surface area contributed by atoms with Gasteiger partial charge in [0.2, 0.25) is 0 Å². The van der Waals surface area contributed by atoms with Crippen LogP contribution in [0.2, 0.25) is 0 Å². The maximum absolute atomic E-state index is 12.2. The third-order valence-electron chi connectivity index (χ3n) is 5.40. The van der Waals surface area contributed by atoms with Crippen LogP contribution in [-0.4, -0.2) is 64.0 Å². The molecule has 42 heavy (non-hydrogen) atoms. The van der Waals surface area contributed by atoms with E-state index < -0.39 is 60.9 Å². The molecule has 7 atom stereocenters. The maximum Gasteiger partial charge on any atom is 0.490 e. The normalized spacial score (nSPS) is 26.0. The average molecular weight is 663 g/mol. The molecule has 2 aliphatic heterocycles. The summed E-state index contributed by atoms with van der Waals surface area (Å²) >= 11 is 0. The van der Waals surface area contributed by atoms with Crippen molar-refractivity contribution in [2.75, 3.05) is 12.3 Å². The number of aromatic nitrogens is 4. The zero-order valence-electron chi connectivity index (χ0n) is 21.6. The molecule has 2 unspecified atom stereocenters. The van der Waals surface area contributed by atoms with E-state index in [0.29, 0.717) is 16.7 Å². The van der Waals surface area contributed by atoms with Crippen LogP contribution in [-0.2, 0) is 41.1 Å². The number of phosphoric acid groups is 3. The van der Waals surface area contributed by atoms with Crippen molar-refractivity contribution in [2.24, 2.45) is 0 Å². The van der Waals surface area contributed by atoms with Crippen molar-refractivity contribution in [3.63, 3.8) is 0 Å². The van der Waals surface area contributed by atoms with Gasteiger partial charge in [-0.15, -0.1) is 0 Å². The lowest BCUT2D eigenvalue weighted by Crippen LogP contribution is -2.31. The van der Waals surface area contributed by atoms with Crippen LogP contribution in [0.25, 0.3) is 11.2 Å². The van der Waals surface area contributed by atoms with E-state index in [1.807, 2.05) is 0 Å². The summed E-state index contributed by atoms with van der Waals surface area (Å²) < 4.78 is 66.6. The third-order valence-corrected chi connectivity index (χ3v) is 9.20. The maximum atomic E-state index is 12.2. The average Bonchev–Trinajstić information content (AvgIpc) is 3.50. The van der Waals surface area contributed by atoms with E-state index in [0.717, 1.165) is 0 Å². The van der Waals surface area contributed by atoms with Gasteiger partial charge in [-0.1, -0.05) is 30.3 Å². The van der Waals surface area contributed by atoms with Crippen molar-refractivity contribution >= 4 is 40.4 Å². The molecule has 238 valence electrons. The number of rotatable bonds is 9. The van der Waals surface area contributed by atoms with Gasteiger partial charge in [0.1, 0.15) is 30.2 Å². The number of nitrogens with zero attached hydrogens (tertiary/aromatic N) is 4. The predicted molar refractivity (Wildman–Crippen MR) is 142 cm³/mol. The lowest BCUT2D eigenvalue weighted by Gasteiger charge is -2.22. The Balaban J connectivity index is 0.00000220. The summed E-state index contributed by atoms with van der Waals surface area (Å²) in [5.41, 5.74) is 7.14. The molecule has 5 rings (SSSR count). The highest BCUT2D eigenvalue weighted by Crippen LogP contribution is 2.66. The van der Waals surface area contributed by atoms with Gasteiger partial charge in [0.25, 0.3) is 0 Å². The SMILES string of the molecule is N.N.N.N.Nc1ncnc2c1ncn2[C@@H]1O[C@H](COP(=O)(O)OP(=O)(O)OP(=O)(O)O)[C@H]2O[C@@H](c3ccccc3)O[C@H]21. The van der Waals surface area contributed by atoms with E-state index in [1.54, 1.807) is 30.3 Å². The first-order valence-electron chi connectivity index (χ1n) is 10.5. The molecule has 2 aliphatic rings. The molecule has 0 amide bonds. The van der Waals surface area contributed by atoms with Crippen molar-refractivity contribution in [1.82, 2.24) is 44.1 Å². The molecular formula is C17H32N9O13P3. The molecule has 0 radical (unpaired) electrons. The van der Waals surface area contributed by atoms with Crippen molar-refractivity contribution in [2.45, 2.75) is 30.8 Å². The largest absolute Gasteiger partial charge is 0.490 e. The summed E-state index contributed by atoms with van der Waals surface area (Å²) in [6, 6.07) is 8.89. The Bertz CT molecular complexity index is 1480. The molecule has 0 saturated carbocycles. The fourth-order valence-corrected chi connectivity index (χ4v) is 7.02. The van der Waals surface area contributed by atoms with Gasteiger partial charge in [0, 0.05) is 5.56 Å². The molecule has 0 spiro atoms. The number of hydrogen-bond acceptors (Lipinski definition) is 17. The highest BCUT2D eigenvalue weighted by molar-refractivity contribution is 7.66. The molecule has 25 heteroatoms. The van der Waals surface area contributed by atoms with E-state index in [9.17, 15) is 23.5 Å². The summed E-state index contributed by atoms with van der Waals surface area (Å²) in [7, 11) is -16.6. The van der Waals surface area contributed by atoms with Crippen LogP contribution in [0.4, 0.5) is 5.82 Å². The van der Waals surface area contributed by atoms with Gasteiger partial charge >= 0.3 is 23.5 Å². The molecule has 2 aromatic heterocycles. The molecule has 22 nitrogen and oxygen atoms in total. The highest BCUT2D eigenvalue weighted by Gasteiger charge is 2.55. The summed E-state index contributed by atoms with van der Waals surface area (Å²) in [6.45, 7) is -0.740. The molecule has 2 saturated heterocycles. The second-order valence-corrected chi connectivity index (χ2v) is 12.4. The quantitative estimate of drug-likeness (QED) is 0.147. The minimum absolute atomic E-state index is 0. The summed E-state index contributed by atoms with van der Waals surface area (Å²) in [5.74, 6) is 0.123. The third kappa shape index (κ3) is 8.20. The van der Waals surface area contributed by atoms with Gasteiger partial charge in [0.15, 0.2) is 24.0 Å². The van der Waals surface area contributed by atoms with Crippen LogP contribution in [0.3, 0.4) is 0 Å². The molecule has 2 fully saturated rings. The van der Waals surface area contributed by atoms with Crippen molar-refractivity contribution in [3.8, 4) is 0 Å². The number of imidazole rings is 1. The van der Waals surface area contributed by atoms with Gasteiger partial charge in [-0.05, 0) is 0 Å². The Morgan fingerprint density at radius 1 is 0.857 bits per heavy atom. The standard InChI is InChI=1S/C17H20N5O13P3.4H3N/c18-14-11-15(20-7-19-14)22(8-21-11)16-13-12(32-17(33-13)9-4-2-1-3-5-9)10(31-16)6-30-37(26,27)35-38(28,29)34-36(23,24)25;;;;/h1-5,7-8,10,12-13,16-17H,6H2,(H,26,27)(H,28,29)(H2,18,19,20)(H2,23,24,25);4*1H3/t10-,12-,13-,16-,17-;;;;/m1..../s1. The summed E-state index contributed by atoms with van der Waals surface area (Å²) in [4.78, 5) is 48.9. The van der Waals surface area contributed by atoms with Gasteiger partial charge in [-0.2, -0.15) is 8.62 Å². The predicted octanol–water partition coefficient (Wildman–Crippen LogP) is 1.78. The number of anilines is 1. The first kappa shape index (κ1) is 37.7. The Kier molecular flexibility index (Phi) is 12.6. The van der Waals surface area contributed by atoms with E-state index in [1.165, 1.54) is 17.2 Å². The van der Waals surface area contributed by atoms with Crippen molar-refractivity contribution in [1.29, 1.82) is 0 Å². The summed E-state index contributed by atoms with van der Waals surface area (Å²) in [6.07, 6.45) is -1.99. The second kappa shape index (κ2) is 14.0. The van der Waals surface area contributed by atoms with Crippen molar-refractivity contribution < 1.29 is 60.6 Å². The Labute approximate surface area is 237 Å². The fraction of sp³-hybridized carbons (Fsp3) is 0.353. The minimum Gasteiger partial charge on any atom is -0.382 e. The lowest BCUT2D eigenvalue weighted by molar-refractivity contribution is -0.152. The topological polar surface area (TPSA) is 397 Å². The van der Waals surface area contributed by atoms with E-state index >= 15 is 0 Å². The van der Waals surface area contributed by atoms with E-state index in [-0.39, 0.29) is 30.4 Å². The lowest BCUT2D eigenvalue weighted by atomic mass is 10.1. The number of ether oxygens (including phenoxy) is 3. The molecule has 4 heterocycles.